The number of benzene rings is 1. The molecule has 1 aliphatic heterocycles. The Morgan fingerprint density at radius 1 is 1.13 bits per heavy atom. The van der Waals surface area contributed by atoms with E-state index in [0.717, 1.165) is 55.2 Å². The number of fused-ring (bicyclic) bond motifs is 1. The van der Waals surface area contributed by atoms with Gasteiger partial charge in [-0.05, 0) is 62.5 Å². The Labute approximate surface area is 148 Å². The summed E-state index contributed by atoms with van der Waals surface area (Å²) in [4.78, 5) is 4.33. The Morgan fingerprint density at radius 3 is 2.83 bits per heavy atom. The molecule has 23 heavy (non-hydrogen) atoms. The van der Waals surface area contributed by atoms with E-state index in [0.29, 0.717) is 6.61 Å². The van der Waals surface area contributed by atoms with Crippen LogP contribution >= 0.6 is 24.0 Å². The van der Waals surface area contributed by atoms with Crippen molar-refractivity contribution in [2.75, 3.05) is 19.7 Å². The number of hydrogen-bond donors (Lipinski definition) is 1. The molecule has 0 amide bonds. The first-order valence-corrected chi connectivity index (χ1v) is 8.26. The lowest BCUT2D eigenvalue weighted by Gasteiger charge is -2.15. The van der Waals surface area contributed by atoms with Crippen LogP contribution in [-0.2, 0) is 19.3 Å². The summed E-state index contributed by atoms with van der Waals surface area (Å²) >= 11 is 6.35. The summed E-state index contributed by atoms with van der Waals surface area (Å²) in [5.74, 6) is 0.879. The first-order chi connectivity index (χ1) is 10.8. The van der Waals surface area contributed by atoms with Gasteiger partial charge in [-0.25, -0.2) is 0 Å². The van der Waals surface area contributed by atoms with Crippen molar-refractivity contribution in [1.82, 2.24) is 10.3 Å². The lowest BCUT2D eigenvalue weighted by molar-refractivity contribution is 0.307. The number of ether oxygens (including phenoxy) is 1. The van der Waals surface area contributed by atoms with Crippen molar-refractivity contribution < 1.29 is 4.74 Å². The maximum absolute atomic E-state index is 6.35. The largest absolute Gasteiger partial charge is 0.492 e. The van der Waals surface area contributed by atoms with Gasteiger partial charge >= 0.3 is 0 Å². The minimum Gasteiger partial charge on any atom is -0.492 e. The van der Waals surface area contributed by atoms with Gasteiger partial charge in [0.05, 0.1) is 11.6 Å². The van der Waals surface area contributed by atoms with Crippen molar-refractivity contribution in [2.45, 2.75) is 25.7 Å². The van der Waals surface area contributed by atoms with Gasteiger partial charge in [0.25, 0.3) is 0 Å². The highest BCUT2D eigenvalue weighted by molar-refractivity contribution is 6.32. The monoisotopic (exact) mass is 352 g/mol. The minimum absolute atomic E-state index is 0. The first-order valence-electron chi connectivity index (χ1n) is 7.88. The number of nitrogens with zero attached hydrogens (tertiary/aromatic N) is 1. The fourth-order valence-electron chi connectivity index (χ4n) is 2.84. The Balaban J connectivity index is 0.00000192. The van der Waals surface area contributed by atoms with Crippen LogP contribution < -0.4 is 10.1 Å². The van der Waals surface area contributed by atoms with Gasteiger partial charge in [0.2, 0.25) is 0 Å². The van der Waals surface area contributed by atoms with Crippen molar-refractivity contribution in [3.05, 3.63) is 58.4 Å². The Hall–Kier alpha value is -1.29. The molecule has 2 aromatic rings. The topological polar surface area (TPSA) is 34.1 Å². The predicted octanol–water partition coefficient (Wildman–Crippen LogP) is 3.86. The molecule has 1 aromatic heterocycles. The SMILES string of the molecule is Cl.Clc1ccc2c(c1OCCCc1ccccn1)CCNCC2. The van der Waals surface area contributed by atoms with E-state index in [1.165, 1.54) is 11.1 Å². The van der Waals surface area contributed by atoms with Gasteiger partial charge in [-0.1, -0.05) is 23.7 Å². The zero-order valence-corrected chi connectivity index (χ0v) is 14.6. The molecule has 1 aromatic carbocycles. The van der Waals surface area contributed by atoms with E-state index < -0.39 is 0 Å². The summed E-state index contributed by atoms with van der Waals surface area (Å²) in [7, 11) is 0. The second kappa shape index (κ2) is 9.11. The molecular formula is C18H22Cl2N2O. The summed E-state index contributed by atoms with van der Waals surface area (Å²) in [6, 6.07) is 10.1. The van der Waals surface area contributed by atoms with Crippen molar-refractivity contribution in [3.8, 4) is 5.75 Å². The number of aromatic nitrogens is 1. The van der Waals surface area contributed by atoms with E-state index in [1.807, 2.05) is 30.5 Å². The zero-order chi connectivity index (χ0) is 15.2. The molecule has 0 bridgehead atoms. The second-order valence-corrected chi connectivity index (χ2v) is 5.94. The number of pyridine rings is 1. The fraction of sp³-hybridized carbons (Fsp3) is 0.389. The molecule has 3 nitrogen and oxygen atoms in total. The van der Waals surface area contributed by atoms with Gasteiger partial charge in [-0.2, -0.15) is 0 Å². The number of aryl methyl sites for hydroxylation is 1. The zero-order valence-electron chi connectivity index (χ0n) is 13.1. The van der Waals surface area contributed by atoms with Crippen molar-refractivity contribution in [2.24, 2.45) is 0 Å². The van der Waals surface area contributed by atoms with E-state index >= 15 is 0 Å². The van der Waals surface area contributed by atoms with Crippen LogP contribution in [0.1, 0.15) is 23.2 Å². The molecule has 1 aliphatic rings. The third-order valence-electron chi connectivity index (χ3n) is 3.98. The van der Waals surface area contributed by atoms with E-state index in [-0.39, 0.29) is 12.4 Å². The smallest absolute Gasteiger partial charge is 0.141 e. The molecule has 0 saturated carbocycles. The van der Waals surface area contributed by atoms with Gasteiger partial charge in [-0.15, -0.1) is 12.4 Å². The van der Waals surface area contributed by atoms with Crippen molar-refractivity contribution >= 4 is 24.0 Å². The van der Waals surface area contributed by atoms with Gasteiger partial charge in [0.1, 0.15) is 5.75 Å². The Morgan fingerprint density at radius 2 is 2.00 bits per heavy atom. The summed E-state index contributed by atoms with van der Waals surface area (Å²) in [6.45, 7) is 2.67. The van der Waals surface area contributed by atoms with Crippen LogP contribution in [0.2, 0.25) is 5.02 Å². The normalized spacial score (nSPS) is 13.6. The lowest BCUT2D eigenvalue weighted by atomic mass is 10.0. The number of nitrogens with one attached hydrogen (secondary N) is 1. The molecule has 0 fully saturated rings. The fourth-order valence-corrected chi connectivity index (χ4v) is 3.07. The molecular weight excluding hydrogens is 331 g/mol. The lowest BCUT2D eigenvalue weighted by Crippen LogP contribution is -2.16. The van der Waals surface area contributed by atoms with E-state index in [4.69, 9.17) is 16.3 Å². The van der Waals surface area contributed by atoms with Gasteiger partial charge in [0.15, 0.2) is 0 Å². The predicted molar refractivity (Wildman–Crippen MR) is 97.0 cm³/mol. The average molecular weight is 353 g/mol. The van der Waals surface area contributed by atoms with E-state index in [1.54, 1.807) is 0 Å². The van der Waals surface area contributed by atoms with E-state index in [2.05, 4.69) is 16.4 Å². The maximum Gasteiger partial charge on any atom is 0.141 e. The summed E-state index contributed by atoms with van der Waals surface area (Å²) in [5, 5.41) is 4.14. The second-order valence-electron chi connectivity index (χ2n) is 5.54. The third-order valence-corrected chi connectivity index (χ3v) is 4.28. The van der Waals surface area contributed by atoms with Crippen molar-refractivity contribution in [1.29, 1.82) is 0 Å². The molecule has 2 heterocycles. The number of halogens is 2. The van der Waals surface area contributed by atoms with Crippen LogP contribution in [0.5, 0.6) is 5.75 Å². The average Bonchev–Trinajstić information content (AvgIpc) is 2.79. The van der Waals surface area contributed by atoms with Gasteiger partial charge in [0, 0.05) is 17.5 Å². The van der Waals surface area contributed by atoms with Crippen LogP contribution in [0.15, 0.2) is 36.5 Å². The highest BCUT2D eigenvalue weighted by atomic mass is 35.5. The van der Waals surface area contributed by atoms with Crippen LogP contribution in [0.25, 0.3) is 0 Å². The molecule has 0 radical (unpaired) electrons. The molecule has 0 saturated heterocycles. The van der Waals surface area contributed by atoms with Crippen LogP contribution in [0, 0.1) is 0 Å². The quantitative estimate of drug-likeness (QED) is 0.829. The van der Waals surface area contributed by atoms with E-state index in [9.17, 15) is 0 Å². The molecule has 0 atom stereocenters. The molecule has 0 spiro atoms. The highest BCUT2D eigenvalue weighted by Gasteiger charge is 2.15. The molecule has 5 heteroatoms. The number of hydrogen-bond acceptors (Lipinski definition) is 3. The molecule has 0 unspecified atom stereocenters. The molecule has 1 N–H and O–H groups in total. The minimum atomic E-state index is 0. The van der Waals surface area contributed by atoms with Crippen LogP contribution in [0.3, 0.4) is 0 Å². The highest BCUT2D eigenvalue weighted by Crippen LogP contribution is 2.33. The van der Waals surface area contributed by atoms with Gasteiger partial charge in [-0.3, -0.25) is 4.98 Å². The number of rotatable bonds is 5. The Bertz CT molecular complexity index is 620. The molecule has 3 rings (SSSR count). The van der Waals surface area contributed by atoms with Crippen molar-refractivity contribution in [3.63, 3.8) is 0 Å². The maximum atomic E-state index is 6.35. The Kier molecular flexibility index (Phi) is 7.15. The third kappa shape index (κ3) is 4.84. The van der Waals surface area contributed by atoms with Crippen LogP contribution in [-0.4, -0.2) is 24.7 Å². The van der Waals surface area contributed by atoms with Crippen LogP contribution in [0.4, 0.5) is 0 Å². The first kappa shape index (κ1) is 18.1. The standard InChI is InChI=1S/C18H21ClN2O.ClH/c19-17-7-6-14-8-11-20-12-9-16(14)18(17)22-13-3-5-15-4-1-2-10-21-15;/h1-2,4,6-7,10,20H,3,5,8-9,11-13H2;1H. The summed E-state index contributed by atoms with van der Waals surface area (Å²) in [5.41, 5.74) is 3.73. The summed E-state index contributed by atoms with van der Waals surface area (Å²) in [6.07, 6.45) is 5.71. The molecule has 0 aliphatic carbocycles. The summed E-state index contributed by atoms with van der Waals surface area (Å²) < 4.78 is 6.02. The molecule has 124 valence electrons. The van der Waals surface area contributed by atoms with Gasteiger partial charge < -0.3 is 10.1 Å².